The van der Waals surface area contributed by atoms with Crippen LogP contribution in [-0.2, 0) is 6.54 Å². The maximum atomic E-state index is 3.48. The summed E-state index contributed by atoms with van der Waals surface area (Å²) in [6, 6.07) is 10.8. The van der Waals surface area contributed by atoms with Crippen LogP contribution in [-0.4, -0.2) is 17.7 Å². The van der Waals surface area contributed by atoms with Gasteiger partial charge in [-0.25, -0.2) is 0 Å². The molecule has 0 radical (unpaired) electrons. The molecule has 3 heteroatoms. The van der Waals surface area contributed by atoms with E-state index in [9.17, 15) is 0 Å². The van der Waals surface area contributed by atoms with Crippen LogP contribution < -0.4 is 5.32 Å². The Balaban J connectivity index is 0.00000108. The van der Waals surface area contributed by atoms with Crippen molar-refractivity contribution in [2.75, 3.05) is 13.1 Å². The van der Waals surface area contributed by atoms with Crippen LogP contribution in [0.2, 0.25) is 0 Å². The Hall–Kier alpha value is -0.990. The molecule has 0 saturated carbocycles. The van der Waals surface area contributed by atoms with Gasteiger partial charge in [0, 0.05) is 18.3 Å². The Morgan fingerprint density at radius 1 is 1.24 bits per heavy atom. The van der Waals surface area contributed by atoms with E-state index < -0.39 is 0 Å². The third-order valence-electron chi connectivity index (χ3n) is 3.53. The molecule has 0 amide bonds. The van der Waals surface area contributed by atoms with Gasteiger partial charge in [0.25, 0.3) is 0 Å². The number of fused-ring (bicyclic) bond motifs is 1. The summed E-state index contributed by atoms with van der Waals surface area (Å²) < 4.78 is 2.40. The number of hydrogen-bond acceptors (Lipinski definition) is 1. The number of hydrogen-bond donors (Lipinski definition) is 1. The second-order valence-electron chi connectivity index (χ2n) is 4.74. The minimum atomic E-state index is 0. The van der Waals surface area contributed by atoms with Crippen LogP contribution in [0, 0.1) is 5.92 Å². The lowest BCUT2D eigenvalue weighted by atomic mass is 10.00. The van der Waals surface area contributed by atoms with E-state index in [1.807, 2.05) is 0 Å². The topological polar surface area (TPSA) is 17.0 Å². The van der Waals surface area contributed by atoms with Gasteiger partial charge in [-0.3, -0.25) is 0 Å². The van der Waals surface area contributed by atoms with Crippen molar-refractivity contribution in [2.24, 2.45) is 5.92 Å². The largest absolute Gasteiger partial charge is 0.347 e. The second-order valence-corrected chi connectivity index (χ2v) is 4.74. The van der Waals surface area contributed by atoms with Crippen molar-refractivity contribution in [1.82, 2.24) is 9.88 Å². The van der Waals surface area contributed by atoms with Crippen molar-refractivity contribution in [3.63, 3.8) is 0 Å². The first-order chi connectivity index (χ1) is 7.93. The van der Waals surface area contributed by atoms with Gasteiger partial charge in [0.1, 0.15) is 0 Å². The normalized spacial score (nSPS) is 20.1. The summed E-state index contributed by atoms with van der Waals surface area (Å²) in [6.45, 7) is 3.52. The maximum Gasteiger partial charge on any atom is 0.0480 e. The molecule has 17 heavy (non-hydrogen) atoms. The molecule has 1 aromatic heterocycles. The predicted octanol–water partition coefficient (Wildman–Crippen LogP) is 3.06. The highest BCUT2D eigenvalue weighted by Crippen LogP contribution is 2.19. The summed E-state index contributed by atoms with van der Waals surface area (Å²) in [6.07, 6.45) is 4.91. The highest BCUT2D eigenvalue weighted by molar-refractivity contribution is 5.85. The van der Waals surface area contributed by atoms with Crippen LogP contribution in [0.15, 0.2) is 36.5 Å². The second kappa shape index (κ2) is 5.56. The quantitative estimate of drug-likeness (QED) is 0.867. The minimum absolute atomic E-state index is 0. The number of halogens is 1. The van der Waals surface area contributed by atoms with E-state index in [1.54, 1.807) is 0 Å². The number of rotatable bonds is 2. The Labute approximate surface area is 108 Å². The SMILES string of the molecule is Cl.c1ccc2c(c1)ccn2CC1CCCNC1. The Morgan fingerprint density at radius 2 is 2.12 bits per heavy atom. The maximum absolute atomic E-state index is 3.48. The van der Waals surface area contributed by atoms with Crippen LogP contribution in [0.25, 0.3) is 10.9 Å². The van der Waals surface area contributed by atoms with E-state index in [0.29, 0.717) is 0 Å². The molecule has 1 unspecified atom stereocenters. The number of nitrogens with one attached hydrogen (secondary N) is 1. The Morgan fingerprint density at radius 3 is 2.94 bits per heavy atom. The van der Waals surface area contributed by atoms with Gasteiger partial charge in [-0.15, -0.1) is 12.4 Å². The number of para-hydroxylation sites is 1. The monoisotopic (exact) mass is 250 g/mol. The average Bonchev–Trinajstić information content (AvgIpc) is 2.74. The standard InChI is InChI=1S/C14H18N2.ClH/c1-2-6-14-13(5-1)7-9-16(14)11-12-4-3-8-15-10-12;/h1-2,5-7,9,12,15H,3-4,8,10-11H2;1H. The van der Waals surface area contributed by atoms with E-state index in [4.69, 9.17) is 0 Å². The first-order valence-corrected chi connectivity index (χ1v) is 6.18. The zero-order valence-corrected chi connectivity index (χ0v) is 10.7. The van der Waals surface area contributed by atoms with E-state index >= 15 is 0 Å². The predicted molar refractivity (Wildman–Crippen MR) is 74.8 cm³/mol. The van der Waals surface area contributed by atoms with Crippen molar-refractivity contribution in [3.05, 3.63) is 36.5 Å². The summed E-state index contributed by atoms with van der Waals surface area (Å²) in [5.41, 5.74) is 1.37. The van der Waals surface area contributed by atoms with Gasteiger partial charge >= 0.3 is 0 Å². The minimum Gasteiger partial charge on any atom is -0.347 e. The van der Waals surface area contributed by atoms with E-state index in [2.05, 4.69) is 46.4 Å². The molecule has 1 atom stereocenters. The van der Waals surface area contributed by atoms with Gasteiger partial charge in [0.15, 0.2) is 0 Å². The van der Waals surface area contributed by atoms with Crippen molar-refractivity contribution in [3.8, 4) is 0 Å². The molecule has 0 bridgehead atoms. The molecule has 1 aromatic carbocycles. The fraction of sp³-hybridized carbons (Fsp3) is 0.429. The fourth-order valence-electron chi connectivity index (χ4n) is 2.66. The third kappa shape index (κ3) is 2.64. The lowest BCUT2D eigenvalue weighted by Gasteiger charge is -2.23. The van der Waals surface area contributed by atoms with Gasteiger partial charge in [0.05, 0.1) is 0 Å². The Kier molecular flexibility index (Phi) is 4.08. The van der Waals surface area contributed by atoms with Crippen molar-refractivity contribution < 1.29 is 0 Å². The summed E-state index contributed by atoms with van der Waals surface area (Å²) in [4.78, 5) is 0. The summed E-state index contributed by atoms with van der Waals surface area (Å²) >= 11 is 0. The average molecular weight is 251 g/mol. The van der Waals surface area contributed by atoms with Gasteiger partial charge in [-0.1, -0.05) is 18.2 Å². The molecule has 92 valence electrons. The zero-order chi connectivity index (χ0) is 10.8. The number of benzene rings is 1. The van der Waals surface area contributed by atoms with Crippen molar-refractivity contribution in [2.45, 2.75) is 19.4 Å². The highest BCUT2D eigenvalue weighted by atomic mass is 35.5. The number of piperidine rings is 1. The first-order valence-electron chi connectivity index (χ1n) is 6.18. The van der Waals surface area contributed by atoms with Gasteiger partial charge < -0.3 is 9.88 Å². The van der Waals surface area contributed by atoms with Gasteiger partial charge in [0.2, 0.25) is 0 Å². The molecule has 1 aliphatic rings. The molecule has 2 heterocycles. The summed E-state index contributed by atoms with van der Waals surface area (Å²) in [5, 5.41) is 4.84. The molecular formula is C14H19ClN2. The van der Waals surface area contributed by atoms with Crippen LogP contribution in [0.1, 0.15) is 12.8 Å². The van der Waals surface area contributed by atoms with Crippen molar-refractivity contribution >= 4 is 23.3 Å². The van der Waals surface area contributed by atoms with Crippen LogP contribution in [0.5, 0.6) is 0 Å². The Bertz CT molecular complexity index is 472. The van der Waals surface area contributed by atoms with E-state index in [1.165, 1.54) is 36.8 Å². The molecule has 1 N–H and O–H groups in total. The van der Waals surface area contributed by atoms with Crippen LogP contribution in [0.4, 0.5) is 0 Å². The van der Waals surface area contributed by atoms with E-state index in [-0.39, 0.29) is 12.4 Å². The molecule has 2 aromatic rings. The highest BCUT2D eigenvalue weighted by Gasteiger charge is 2.13. The molecule has 1 aliphatic heterocycles. The number of nitrogens with zero attached hydrogens (tertiary/aromatic N) is 1. The van der Waals surface area contributed by atoms with Crippen LogP contribution in [0.3, 0.4) is 0 Å². The zero-order valence-electron chi connectivity index (χ0n) is 9.93. The van der Waals surface area contributed by atoms with Crippen molar-refractivity contribution in [1.29, 1.82) is 0 Å². The molecule has 3 rings (SSSR count). The molecule has 1 saturated heterocycles. The molecule has 0 aliphatic carbocycles. The smallest absolute Gasteiger partial charge is 0.0480 e. The lowest BCUT2D eigenvalue weighted by Crippen LogP contribution is -2.32. The number of aromatic nitrogens is 1. The lowest BCUT2D eigenvalue weighted by molar-refractivity contribution is 0.341. The molecule has 0 spiro atoms. The fourth-order valence-corrected chi connectivity index (χ4v) is 2.66. The summed E-state index contributed by atoms with van der Waals surface area (Å²) in [7, 11) is 0. The molecule has 1 fully saturated rings. The van der Waals surface area contributed by atoms with E-state index in [0.717, 1.165) is 12.5 Å². The summed E-state index contributed by atoms with van der Waals surface area (Å²) in [5.74, 6) is 0.796. The van der Waals surface area contributed by atoms with Gasteiger partial charge in [-0.05, 0) is 49.4 Å². The van der Waals surface area contributed by atoms with Crippen LogP contribution >= 0.6 is 12.4 Å². The first kappa shape index (κ1) is 12.5. The molecular weight excluding hydrogens is 232 g/mol. The van der Waals surface area contributed by atoms with Gasteiger partial charge in [-0.2, -0.15) is 0 Å². The third-order valence-corrected chi connectivity index (χ3v) is 3.53. The molecule has 2 nitrogen and oxygen atoms in total.